The fraction of sp³-hybridized carbons (Fsp3) is 0.455. The molecule has 0 spiro atoms. The SMILES string of the molecule is CC(N)CN1CCOc2cc(Br)c(Cl)cc21.Cl. The van der Waals surface area contributed by atoms with E-state index in [2.05, 4.69) is 20.8 Å². The van der Waals surface area contributed by atoms with Gasteiger partial charge in [0.2, 0.25) is 0 Å². The summed E-state index contributed by atoms with van der Waals surface area (Å²) in [6.45, 7) is 4.35. The first kappa shape index (κ1) is 14.9. The van der Waals surface area contributed by atoms with Crippen molar-refractivity contribution in [2.75, 3.05) is 24.6 Å². The van der Waals surface area contributed by atoms with E-state index in [1.54, 1.807) is 0 Å². The minimum absolute atomic E-state index is 0. The Kier molecular flexibility index (Phi) is 5.38. The molecule has 0 amide bonds. The third kappa shape index (κ3) is 3.41. The molecule has 0 fully saturated rings. The van der Waals surface area contributed by atoms with Gasteiger partial charge in [0.05, 0.1) is 17.3 Å². The van der Waals surface area contributed by atoms with Crippen LogP contribution in [0.5, 0.6) is 5.75 Å². The molecule has 6 heteroatoms. The van der Waals surface area contributed by atoms with Gasteiger partial charge < -0.3 is 15.4 Å². The zero-order chi connectivity index (χ0) is 11.7. The highest BCUT2D eigenvalue weighted by molar-refractivity contribution is 9.10. The maximum atomic E-state index is 6.09. The molecular formula is C11H15BrCl2N2O. The van der Waals surface area contributed by atoms with Crippen LogP contribution in [-0.2, 0) is 0 Å². The molecule has 17 heavy (non-hydrogen) atoms. The zero-order valence-corrected chi connectivity index (χ0v) is 12.6. The molecular weight excluding hydrogens is 327 g/mol. The summed E-state index contributed by atoms with van der Waals surface area (Å²) in [6, 6.07) is 3.96. The maximum absolute atomic E-state index is 6.09. The van der Waals surface area contributed by atoms with E-state index < -0.39 is 0 Å². The molecule has 0 radical (unpaired) electrons. The standard InChI is InChI=1S/C11H14BrClN2O.ClH/c1-7(14)6-15-2-3-16-11-4-8(12)9(13)5-10(11)15;/h4-5,7H,2-3,6,14H2,1H3;1H. The number of hydrogen-bond donors (Lipinski definition) is 1. The molecule has 1 unspecified atom stereocenters. The molecule has 96 valence electrons. The lowest BCUT2D eigenvalue weighted by atomic mass is 10.2. The molecule has 1 aliphatic heterocycles. The molecule has 2 N–H and O–H groups in total. The molecule has 0 aromatic heterocycles. The highest BCUT2D eigenvalue weighted by atomic mass is 79.9. The van der Waals surface area contributed by atoms with Crippen LogP contribution < -0.4 is 15.4 Å². The molecule has 0 bridgehead atoms. The van der Waals surface area contributed by atoms with Gasteiger partial charge in [-0.3, -0.25) is 0 Å². The normalized spacial score (nSPS) is 15.6. The van der Waals surface area contributed by atoms with Crippen LogP contribution in [0.3, 0.4) is 0 Å². The monoisotopic (exact) mass is 340 g/mol. The van der Waals surface area contributed by atoms with Crippen LogP contribution in [-0.4, -0.2) is 25.7 Å². The number of benzene rings is 1. The first-order chi connectivity index (χ1) is 7.58. The third-order valence-electron chi connectivity index (χ3n) is 2.47. The average Bonchev–Trinajstić information content (AvgIpc) is 2.20. The van der Waals surface area contributed by atoms with Gasteiger partial charge in [-0.25, -0.2) is 0 Å². The molecule has 1 aromatic carbocycles. The van der Waals surface area contributed by atoms with E-state index in [0.29, 0.717) is 11.6 Å². The molecule has 1 aliphatic rings. The second-order valence-electron chi connectivity index (χ2n) is 4.01. The van der Waals surface area contributed by atoms with E-state index in [0.717, 1.165) is 29.0 Å². The van der Waals surface area contributed by atoms with E-state index in [9.17, 15) is 0 Å². The van der Waals surface area contributed by atoms with Crippen LogP contribution >= 0.6 is 39.9 Å². The van der Waals surface area contributed by atoms with Gasteiger partial charge in [0.1, 0.15) is 12.4 Å². The molecule has 1 heterocycles. The van der Waals surface area contributed by atoms with Crippen LogP contribution in [0.15, 0.2) is 16.6 Å². The van der Waals surface area contributed by atoms with Gasteiger partial charge in [-0.1, -0.05) is 11.6 Å². The van der Waals surface area contributed by atoms with Crippen LogP contribution in [0.4, 0.5) is 5.69 Å². The number of hydrogen-bond acceptors (Lipinski definition) is 3. The largest absolute Gasteiger partial charge is 0.490 e. The van der Waals surface area contributed by atoms with Crippen molar-refractivity contribution < 1.29 is 4.74 Å². The van der Waals surface area contributed by atoms with Crippen molar-refractivity contribution in [1.29, 1.82) is 0 Å². The Bertz CT molecular complexity index is 401. The number of halogens is 3. The van der Waals surface area contributed by atoms with Crippen molar-refractivity contribution in [2.24, 2.45) is 5.73 Å². The lowest BCUT2D eigenvalue weighted by Gasteiger charge is -2.32. The molecule has 0 saturated heterocycles. The number of rotatable bonds is 2. The topological polar surface area (TPSA) is 38.5 Å². The Morgan fingerprint density at radius 3 is 2.94 bits per heavy atom. The quantitative estimate of drug-likeness (QED) is 0.898. The summed E-state index contributed by atoms with van der Waals surface area (Å²) in [5.74, 6) is 0.864. The summed E-state index contributed by atoms with van der Waals surface area (Å²) in [6.07, 6.45) is 0. The molecule has 0 saturated carbocycles. The van der Waals surface area contributed by atoms with Crippen LogP contribution in [0, 0.1) is 0 Å². The number of ether oxygens (including phenoxy) is 1. The van der Waals surface area contributed by atoms with Crippen molar-refractivity contribution in [2.45, 2.75) is 13.0 Å². The Labute approximate surface area is 121 Å². The van der Waals surface area contributed by atoms with Crippen LogP contribution in [0.1, 0.15) is 6.92 Å². The minimum Gasteiger partial charge on any atom is -0.490 e. The third-order valence-corrected chi connectivity index (χ3v) is 3.67. The Morgan fingerprint density at radius 2 is 2.29 bits per heavy atom. The summed E-state index contributed by atoms with van der Waals surface area (Å²) in [7, 11) is 0. The highest BCUT2D eigenvalue weighted by Gasteiger charge is 2.20. The predicted octanol–water partition coefficient (Wildman–Crippen LogP) is 3.07. The van der Waals surface area contributed by atoms with Gasteiger partial charge in [0.25, 0.3) is 0 Å². The van der Waals surface area contributed by atoms with Crippen LogP contribution in [0.25, 0.3) is 0 Å². The summed E-state index contributed by atoms with van der Waals surface area (Å²) < 4.78 is 6.46. The molecule has 1 aromatic rings. The molecule has 3 nitrogen and oxygen atoms in total. The number of anilines is 1. The van der Waals surface area contributed by atoms with Gasteiger partial charge in [0, 0.05) is 17.1 Å². The number of nitrogens with two attached hydrogens (primary N) is 1. The summed E-state index contributed by atoms with van der Waals surface area (Å²) in [5.41, 5.74) is 6.85. The zero-order valence-electron chi connectivity index (χ0n) is 9.45. The molecule has 2 rings (SSSR count). The summed E-state index contributed by atoms with van der Waals surface area (Å²) >= 11 is 9.48. The van der Waals surface area contributed by atoms with Gasteiger partial charge in [-0.05, 0) is 35.0 Å². The van der Waals surface area contributed by atoms with Crippen molar-refractivity contribution in [3.63, 3.8) is 0 Å². The number of nitrogens with zero attached hydrogens (tertiary/aromatic N) is 1. The second kappa shape index (κ2) is 6.14. The lowest BCUT2D eigenvalue weighted by Crippen LogP contribution is -2.40. The highest BCUT2D eigenvalue weighted by Crippen LogP contribution is 2.38. The second-order valence-corrected chi connectivity index (χ2v) is 5.27. The first-order valence-corrected chi connectivity index (χ1v) is 6.37. The van der Waals surface area contributed by atoms with E-state index in [1.807, 2.05) is 19.1 Å². The van der Waals surface area contributed by atoms with Crippen molar-refractivity contribution >= 4 is 45.6 Å². The predicted molar refractivity (Wildman–Crippen MR) is 77.8 cm³/mol. The Morgan fingerprint density at radius 1 is 1.59 bits per heavy atom. The average molecular weight is 342 g/mol. The van der Waals surface area contributed by atoms with Gasteiger partial charge >= 0.3 is 0 Å². The fourth-order valence-electron chi connectivity index (χ4n) is 1.80. The Balaban J connectivity index is 0.00000144. The van der Waals surface area contributed by atoms with E-state index in [1.165, 1.54) is 0 Å². The minimum atomic E-state index is 0. The molecule has 1 atom stereocenters. The lowest BCUT2D eigenvalue weighted by molar-refractivity contribution is 0.306. The maximum Gasteiger partial charge on any atom is 0.143 e. The van der Waals surface area contributed by atoms with Gasteiger partial charge in [-0.15, -0.1) is 12.4 Å². The van der Waals surface area contributed by atoms with Crippen molar-refractivity contribution in [3.05, 3.63) is 21.6 Å². The summed E-state index contributed by atoms with van der Waals surface area (Å²) in [5, 5.41) is 0.693. The number of fused-ring (bicyclic) bond motifs is 1. The van der Waals surface area contributed by atoms with E-state index >= 15 is 0 Å². The van der Waals surface area contributed by atoms with Crippen molar-refractivity contribution in [1.82, 2.24) is 0 Å². The smallest absolute Gasteiger partial charge is 0.143 e. The van der Waals surface area contributed by atoms with Gasteiger partial charge in [0.15, 0.2) is 0 Å². The first-order valence-electron chi connectivity index (χ1n) is 5.20. The van der Waals surface area contributed by atoms with E-state index in [4.69, 9.17) is 22.1 Å². The van der Waals surface area contributed by atoms with Crippen molar-refractivity contribution in [3.8, 4) is 5.75 Å². The van der Waals surface area contributed by atoms with Crippen LogP contribution in [0.2, 0.25) is 5.02 Å². The summed E-state index contributed by atoms with van der Waals surface area (Å²) in [4.78, 5) is 2.21. The fourth-order valence-corrected chi connectivity index (χ4v) is 2.28. The Hall–Kier alpha value is -0.160. The molecule has 0 aliphatic carbocycles. The van der Waals surface area contributed by atoms with Gasteiger partial charge in [-0.2, -0.15) is 0 Å². The van der Waals surface area contributed by atoms with E-state index in [-0.39, 0.29) is 18.4 Å².